The molecule has 210 valence electrons. The minimum Gasteiger partial charge on any atom is -0.0622 e. The molecule has 0 N–H and O–H groups in total. The predicted molar refractivity (Wildman–Crippen MR) is 187 cm³/mol. The van der Waals surface area contributed by atoms with Gasteiger partial charge in [0.15, 0.2) is 0 Å². The first-order valence-corrected chi connectivity index (χ1v) is 15.8. The second-order valence-electron chi connectivity index (χ2n) is 13.7. The Kier molecular flexibility index (Phi) is 5.11. The molecule has 0 spiro atoms. The summed E-state index contributed by atoms with van der Waals surface area (Å²) in [6.07, 6.45) is 0. The van der Waals surface area contributed by atoms with Gasteiger partial charge in [-0.2, -0.15) is 0 Å². The van der Waals surface area contributed by atoms with Crippen LogP contribution in [0.2, 0.25) is 0 Å². The number of rotatable bonds is 2. The van der Waals surface area contributed by atoms with Crippen molar-refractivity contribution in [2.75, 3.05) is 0 Å². The molecule has 0 heteroatoms. The molecule has 0 aromatic heterocycles. The Labute approximate surface area is 259 Å². The Hall–Kier alpha value is -4.94. The number of hydrogen-bond acceptors (Lipinski definition) is 0. The minimum absolute atomic E-state index is 0.00781. The molecule has 7 aromatic carbocycles. The molecule has 0 nitrogen and oxygen atoms in total. The molecule has 0 unspecified atom stereocenters. The molecule has 0 saturated heterocycles. The lowest BCUT2D eigenvalue weighted by atomic mass is 9.78. The maximum atomic E-state index is 2.51. The average molecular weight is 563 g/mol. The van der Waals surface area contributed by atoms with E-state index in [1.807, 2.05) is 0 Å². The highest BCUT2D eigenvalue weighted by Crippen LogP contribution is 2.56. The highest BCUT2D eigenvalue weighted by molar-refractivity contribution is 6.21. The Morgan fingerprint density at radius 1 is 0.318 bits per heavy atom. The van der Waals surface area contributed by atoms with E-state index in [1.165, 1.54) is 88.3 Å². The maximum Gasteiger partial charge on any atom is 0.0159 e. The van der Waals surface area contributed by atoms with Crippen LogP contribution in [0.3, 0.4) is 0 Å². The third kappa shape index (κ3) is 3.29. The van der Waals surface area contributed by atoms with E-state index in [0.29, 0.717) is 0 Å². The number of hydrogen-bond donors (Lipinski definition) is 0. The molecule has 0 aliphatic heterocycles. The zero-order chi connectivity index (χ0) is 29.8. The van der Waals surface area contributed by atoms with Gasteiger partial charge in [0.25, 0.3) is 0 Å². The molecule has 2 aliphatic rings. The summed E-state index contributed by atoms with van der Waals surface area (Å²) in [6.45, 7) is 9.58. The van der Waals surface area contributed by atoms with Crippen LogP contribution in [-0.2, 0) is 10.8 Å². The van der Waals surface area contributed by atoms with Crippen molar-refractivity contribution in [3.63, 3.8) is 0 Å². The van der Waals surface area contributed by atoms with Crippen LogP contribution in [-0.4, -0.2) is 0 Å². The van der Waals surface area contributed by atoms with Crippen LogP contribution in [0.1, 0.15) is 49.9 Å². The molecule has 0 amide bonds. The lowest BCUT2D eigenvalue weighted by molar-refractivity contribution is 0.652. The fourth-order valence-electron chi connectivity index (χ4n) is 8.44. The van der Waals surface area contributed by atoms with Crippen molar-refractivity contribution in [3.8, 4) is 44.5 Å². The summed E-state index contributed by atoms with van der Waals surface area (Å²) >= 11 is 0. The van der Waals surface area contributed by atoms with E-state index in [9.17, 15) is 0 Å². The Morgan fingerprint density at radius 3 is 1.34 bits per heavy atom. The summed E-state index contributed by atoms with van der Waals surface area (Å²) in [7, 11) is 0. The van der Waals surface area contributed by atoms with Crippen LogP contribution in [0.4, 0.5) is 0 Å². The molecule has 2 aliphatic carbocycles. The largest absolute Gasteiger partial charge is 0.0622 e. The highest BCUT2D eigenvalue weighted by atomic mass is 14.4. The second kappa shape index (κ2) is 8.80. The van der Waals surface area contributed by atoms with Crippen molar-refractivity contribution in [1.29, 1.82) is 0 Å². The molecule has 0 radical (unpaired) electrons. The van der Waals surface area contributed by atoms with E-state index < -0.39 is 0 Å². The highest BCUT2D eigenvalue weighted by Gasteiger charge is 2.41. The molecule has 0 atom stereocenters. The van der Waals surface area contributed by atoms with Crippen LogP contribution >= 0.6 is 0 Å². The fraction of sp³-hybridized carbons (Fsp3) is 0.136. The molecular formula is C44H34. The van der Waals surface area contributed by atoms with E-state index in [1.54, 1.807) is 0 Å². The van der Waals surface area contributed by atoms with Gasteiger partial charge in [-0.25, -0.2) is 0 Å². The second-order valence-corrected chi connectivity index (χ2v) is 13.7. The first-order valence-electron chi connectivity index (χ1n) is 15.8. The Morgan fingerprint density at radius 2 is 0.750 bits per heavy atom. The first kappa shape index (κ1) is 25.5. The third-order valence-corrected chi connectivity index (χ3v) is 10.7. The summed E-state index contributed by atoms with van der Waals surface area (Å²) in [6, 6.07) is 50.0. The van der Waals surface area contributed by atoms with Crippen molar-refractivity contribution in [2.45, 2.75) is 38.5 Å². The standard InChI is InChI=1S/C44H34/c1-43(2)37-21-13-12-16-29(37)35-25-40-36(26-39(35)43)30-23-22-28(24-38(30)44(40,3)4)42-33-19-10-8-17-31(33)41(27-14-6-5-7-15-27)32-18-9-11-20-34(32)42/h5-26H,1-4H3. The van der Waals surface area contributed by atoms with Gasteiger partial charge in [-0.1, -0.05) is 143 Å². The molecule has 9 rings (SSSR count). The molecule has 0 fully saturated rings. The van der Waals surface area contributed by atoms with Gasteiger partial charge in [0.1, 0.15) is 0 Å². The van der Waals surface area contributed by atoms with Gasteiger partial charge in [-0.3, -0.25) is 0 Å². The summed E-state index contributed by atoms with van der Waals surface area (Å²) < 4.78 is 0. The van der Waals surface area contributed by atoms with E-state index in [2.05, 4.69) is 161 Å². The fourth-order valence-corrected chi connectivity index (χ4v) is 8.44. The van der Waals surface area contributed by atoms with E-state index in [0.717, 1.165) is 0 Å². The topological polar surface area (TPSA) is 0 Å². The molecule has 7 aromatic rings. The van der Waals surface area contributed by atoms with E-state index >= 15 is 0 Å². The lowest BCUT2D eigenvalue weighted by Gasteiger charge is -2.24. The van der Waals surface area contributed by atoms with Gasteiger partial charge < -0.3 is 0 Å². The van der Waals surface area contributed by atoms with Crippen molar-refractivity contribution >= 4 is 21.5 Å². The van der Waals surface area contributed by atoms with Crippen molar-refractivity contribution < 1.29 is 0 Å². The molecule has 0 heterocycles. The summed E-state index contributed by atoms with van der Waals surface area (Å²) in [5.41, 5.74) is 16.4. The normalized spacial score (nSPS) is 15.2. The molecule has 0 bridgehead atoms. The molecular weight excluding hydrogens is 528 g/mol. The monoisotopic (exact) mass is 562 g/mol. The first-order chi connectivity index (χ1) is 21.4. The smallest absolute Gasteiger partial charge is 0.0159 e. The van der Waals surface area contributed by atoms with Gasteiger partial charge in [-0.15, -0.1) is 0 Å². The van der Waals surface area contributed by atoms with Crippen LogP contribution < -0.4 is 0 Å². The minimum atomic E-state index is -0.104. The zero-order valence-electron chi connectivity index (χ0n) is 25.7. The lowest BCUT2D eigenvalue weighted by Crippen LogP contribution is -2.17. The van der Waals surface area contributed by atoms with E-state index in [4.69, 9.17) is 0 Å². The van der Waals surface area contributed by atoms with Gasteiger partial charge in [0.2, 0.25) is 0 Å². The van der Waals surface area contributed by atoms with Crippen LogP contribution in [0, 0.1) is 0 Å². The Balaban J connectivity index is 1.29. The number of benzene rings is 7. The quantitative estimate of drug-likeness (QED) is 0.184. The summed E-state index contributed by atoms with van der Waals surface area (Å²) in [5.74, 6) is 0. The van der Waals surface area contributed by atoms with Crippen molar-refractivity contribution in [2.24, 2.45) is 0 Å². The van der Waals surface area contributed by atoms with Crippen molar-refractivity contribution in [3.05, 3.63) is 156 Å². The molecule has 0 saturated carbocycles. The van der Waals surface area contributed by atoms with Crippen LogP contribution in [0.5, 0.6) is 0 Å². The average Bonchev–Trinajstić information content (AvgIpc) is 3.42. The van der Waals surface area contributed by atoms with Gasteiger partial charge in [-0.05, 0) is 107 Å². The van der Waals surface area contributed by atoms with Crippen LogP contribution in [0.25, 0.3) is 66.1 Å². The van der Waals surface area contributed by atoms with Gasteiger partial charge >= 0.3 is 0 Å². The summed E-state index contributed by atoms with van der Waals surface area (Å²) in [4.78, 5) is 0. The van der Waals surface area contributed by atoms with Crippen molar-refractivity contribution in [1.82, 2.24) is 0 Å². The van der Waals surface area contributed by atoms with E-state index in [-0.39, 0.29) is 10.8 Å². The van der Waals surface area contributed by atoms with Gasteiger partial charge in [0, 0.05) is 10.8 Å². The maximum absolute atomic E-state index is 2.51. The zero-order valence-corrected chi connectivity index (χ0v) is 25.7. The predicted octanol–water partition coefficient (Wildman–Crippen LogP) is 11.9. The number of fused-ring (bicyclic) bond motifs is 8. The Bertz CT molecular complexity index is 2260. The SMILES string of the molecule is CC1(C)c2ccccc2-c2cc3c(cc21)-c1ccc(-c2c4ccccc4c(-c4ccccc4)c4ccccc24)cc1C3(C)C. The third-order valence-electron chi connectivity index (χ3n) is 10.7. The molecule has 44 heavy (non-hydrogen) atoms. The van der Waals surface area contributed by atoms with Gasteiger partial charge in [0.05, 0.1) is 0 Å². The summed E-state index contributed by atoms with van der Waals surface area (Å²) in [5, 5.41) is 5.20. The van der Waals surface area contributed by atoms with Crippen LogP contribution in [0.15, 0.2) is 133 Å².